The molecule has 2 fully saturated rings. The number of piperidine rings is 1. The second-order valence-electron chi connectivity index (χ2n) is 6.74. The molecule has 120 valence electrons. The van der Waals surface area contributed by atoms with E-state index in [1.54, 1.807) is 0 Å². The van der Waals surface area contributed by atoms with Gasteiger partial charge in [-0.3, -0.25) is 9.59 Å². The molecule has 1 aliphatic carbocycles. The lowest BCUT2D eigenvalue weighted by Gasteiger charge is -2.30. The fourth-order valence-electron chi connectivity index (χ4n) is 3.37. The Labute approximate surface area is 127 Å². The highest BCUT2D eigenvalue weighted by atomic mass is 16.2. The van der Waals surface area contributed by atoms with Crippen LogP contribution >= 0.6 is 0 Å². The molecule has 0 radical (unpaired) electrons. The summed E-state index contributed by atoms with van der Waals surface area (Å²) in [5.41, 5.74) is 0. The zero-order valence-electron chi connectivity index (χ0n) is 13.3. The zero-order valence-corrected chi connectivity index (χ0v) is 13.3. The first-order chi connectivity index (χ1) is 10.1. The van der Waals surface area contributed by atoms with Crippen molar-refractivity contribution in [3.8, 4) is 0 Å². The average molecular weight is 295 g/mol. The third-order valence-corrected chi connectivity index (χ3v) is 4.74. The first-order valence-electron chi connectivity index (χ1n) is 8.36. The Bertz CT molecular complexity index is 367. The lowest BCUT2D eigenvalue weighted by molar-refractivity contribution is -0.126. The van der Waals surface area contributed by atoms with E-state index in [-0.39, 0.29) is 29.8 Å². The van der Waals surface area contributed by atoms with Gasteiger partial charge >= 0.3 is 0 Å². The highest BCUT2D eigenvalue weighted by Crippen LogP contribution is 2.24. The van der Waals surface area contributed by atoms with Crippen molar-refractivity contribution < 1.29 is 9.59 Å². The van der Waals surface area contributed by atoms with Crippen LogP contribution in [0.25, 0.3) is 0 Å². The summed E-state index contributed by atoms with van der Waals surface area (Å²) >= 11 is 0. The van der Waals surface area contributed by atoms with Crippen molar-refractivity contribution in [1.29, 1.82) is 0 Å². The Morgan fingerprint density at radius 3 is 2.62 bits per heavy atom. The molecule has 0 aromatic carbocycles. The molecule has 0 aromatic rings. The van der Waals surface area contributed by atoms with Crippen LogP contribution in [0.3, 0.4) is 0 Å². The first-order valence-corrected chi connectivity index (χ1v) is 8.36. The molecule has 5 nitrogen and oxygen atoms in total. The molecule has 1 heterocycles. The van der Waals surface area contributed by atoms with Crippen LogP contribution in [0.5, 0.6) is 0 Å². The molecular formula is C16H29N3O2. The smallest absolute Gasteiger partial charge is 0.223 e. The van der Waals surface area contributed by atoms with E-state index >= 15 is 0 Å². The number of hydrogen-bond donors (Lipinski definition) is 3. The van der Waals surface area contributed by atoms with Crippen molar-refractivity contribution in [2.75, 3.05) is 13.1 Å². The Morgan fingerprint density at radius 1 is 1.24 bits per heavy atom. The fraction of sp³-hybridized carbons (Fsp3) is 0.875. The van der Waals surface area contributed by atoms with Crippen LogP contribution in [-0.2, 0) is 9.59 Å². The van der Waals surface area contributed by atoms with Gasteiger partial charge in [0.2, 0.25) is 11.8 Å². The van der Waals surface area contributed by atoms with Gasteiger partial charge in [-0.25, -0.2) is 0 Å². The van der Waals surface area contributed by atoms with E-state index < -0.39 is 0 Å². The number of carbonyl (C=O) groups excluding carboxylic acids is 2. The van der Waals surface area contributed by atoms with E-state index in [0.717, 1.165) is 45.2 Å². The summed E-state index contributed by atoms with van der Waals surface area (Å²) in [6.45, 7) is 5.99. The largest absolute Gasteiger partial charge is 0.353 e. The van der Waals surface area contributed by atoms with Gasteiger partial charge in [-0.15, -0.1) is 0 Å². The van der Waals surface area contributed by atoms with Gasteiger partial charge in [-0.1, -0.05) is 19.8 Å². The van der Waals surface area contributed by atoms with Gasteiger partial charge in [0.25, 0.3) is 0 Å². The van der Waals surface area contributed by atoms with Crippen molar-refractivity contribution in [3.05, 3.63) is 0 Å². The minimum absolute atomic E-state index is 0.0490. The molecule has 2 aliphatic rings. The normalized spacial score (nSPS) is 28.1. The van der Waals surface area contributed by atoms with E-state index in [9.17, 15) is 9.59 Å². The van der Waals surface area contributed by atoms with Crippen molar-refractivity contribution in [3.63, 3.8) is 0 Å². The van der Waals surface area contributed by atoms with E-state index in [1.807, 2.05) is 6.92 Å². The maximum Gasteiger partial charge on any atom is 0.223 e. The summed E-state index contributed by atoms with van der Waals surface area (Å²) in [6, 6.07) is 0.173. The highest BCUT2D eigenvalue weighted by Gasteiger charge is 2.26. The topological polar surface area (TPSA) is 70.2 Å². The van der Waals surface area contributed by atoms with Gasteiger partial charge in [-0.05, 0) is 45.2 Å². The number of amides is 2. The SMILES string of the molecule is CC(CC(=O)NC1CCNCC1C)NC(=O)C1CCCC1. The average Bonchev–Trinajstić information content (AvgIpc) is 2.95. The maximum absolute atomic E-state index is 12.1. The van der Waals surface area contributed by atoms with Gasteiger partial charge in [0.1, 0.15) is 0 Å². The molecule has 1 aliphatic heterocycles. The zero-order chi connectivity index (χ0) is 15.2. The molecule has 3 unspecified atom stereocenters. The molecule has 3 N–H and O–H groups in total. The van der Waals surface area contributed by atoms with Gasteiger partial charge in [0.05, 0.1) is 0 Å². The van der Waals surface area contributed by atoms with Crippen LogP contribution in [0.1, 0.15) is 52.4 Å². The fourth-order valence-corrected chi connectivity index (χ4v) is 3.37. The van der Waals surface area contributed by atoms with E-state index in [2.05, 4.69) is 22.9 Å². The Balaban J connectivity index is 1.70. The van der Waals surface area contributed by atoms with Crippen LogP contribution in [0.15, 0.2) is 0 Å². The number of hydrogen-bond acceptors (Lipinski definition) is 3. The molecular weight excluding hydrogens is 266 g/mol. The van der Waals surface area contributed by atoms with Crippen molar-refractivity contribution in [2.45, 2.75) is 64.5 Å². The van der Waals surface area contributed by atoms with Crippen LogP contribution in [0.2, 0.25) is 0 Å². The Hall–Kier alpha value is -1.10. The Morgan fingerprint density at radius 2 is 1.95 bits per heavy atom. The summed E-state index contributed by atoms with van der Waals surface area (Å²) in [5.74, 6) is 0.807. The molecule has 2 rings (SSSR count). The third-order valence-electron chi connectivity index (χ3n) is 4.74. The molecule has 5 heteroatoms. The molecule has 0 bridgehead atoms. The predicted molar refractivity (Wildman–Crippen MR) is 82.8 cm³/mol. The Kier molecular flexibility index (Phi) is 6.03. The summed E-state index contributed by atoms with van der Waals surface area (Å²) in [6.07, 6.45) is 5.65. The molecule has 1 saturated carbocycles. The summed E-state index contributed by atoms with van der Waals surface area (Å²) in [4.78, 5) is 24.1. The van der Waals surface area contributed by atoms with Crippen LogP contribution in [-0.4, -0.2) is 37.0 Å². The standard InChI is InChI=1S/C16H29N3O2/c1-11-10-17-8-7-14(11)19-15(20)9-12(2)18-16(21)13-5-3-4-6-13/h11-14,17H,3-10H2,1-2H3,(H,18,21)(H,19,20). The molecule has 21 heavy (non-hydrogen) atoms. The highest BCUT2D eigenvalue weighted by molar-refractivity contribution is 5.81. The quantitative estimate of drug-likeness (QED) is 0.713. The lowest BCUT2D eigenvalue weighted by Crippen LogP contribution is -2.49. The number of carbonyl (C=O) groups is 2. The van der Waals surface area contributed by atoms with Crippen LogP contribution < -0.4 is 16.0 Å². The lowest BCUT2D eigenvalue weighted by atomic mass is 9.95. The molecule has 2 amide bonds. The minimum Gasteiger partial charge on any atom is -0.353 e. The second-order valence-corrected chi connectivity index (χ2v) is 6.74. The van der Waals surface area contributed by atoms with E-state index in [0.29, 0.717) is 12.3 Å². The molecule has 0 aromatic heterocycles. The monoisotopic (exact) mass is 295 g/mol. The third kappa shape index (κ3) is 4.99. The van der Waals surface area contributed by atoms with Crippen LogP contribution in [0, 0.1) is 11.8 Å². The van der Waals surface area contributed by atoms with Crippen molar-refractivity contribution in [2.24, 2.45) is 11.8 Å². The van der Waals surface area contributed by atoms with E-state index in [1.165, 1.54) is 0 Å². The predicted octanol–water partition coefficient (Wildman–Crippen LogP) is 1.19. The summed E-state index contributed by atoms with van der Waals surface area (Å²) in [7, 11) is 0. The summed E-state index contributed by atoms with van der Waals surface area (Å²) < 4.78 is 0. The number of rotatable bonds is 5. The van der Waals surface area contributed by atoms with Crippen LogP contribution in [0.4, 0.5) is 0 Å². The van der Waals surface area contributed by atoms with Gasteiger partial charge in [-0.2, -0.15) is 0 Å². The second kappa shape index (κ2) is 7.78. The first kappa shape index (κ1) is 16.3. The molecule has 3 atom stereocenters. The van der Waals surface area contributed by atoms with Crippen molar-refractivity contribution in [1.82, 2.24) is 16.0 Å². The van der Waals surface area contributed by atoms with Gasteiger partial charge < -0.3 is 16.0 Å². The van der Waals surface area contributed by atoms with E-state index in [4.69, 9.17) is 0 Å². The molecule has 0 spiro atoms. The van der Waals surface area contributed by atoms with Gasteiger partial charge in [0, 0.05) is 24.4 Å². The van der Waals surface area contributed by atoms with Gasteiger partial charge in [0.15, 0.2) is 0 Å². The summed E-state index contributed by atoms with van der Waals surface area (Å²) in [5, 5.41) is 9.43. The number of nitrogens with one attached hydrogen (secondary N) is 3. The van der Waals surface area contributed by atoms with Crippen molar-refractivity contribution >= 4 is 11.8 Å². The minimum atomic E-state index is -0.0879. The molecule has 1 saturated heterocycles. The maximum atomic E-state index is 12.1.